The van der Waals surface area contributed by atoms with Gasteiger partial charge in [-0.3, -0.25) is 4.90 Å². The average molecular weight is 485 g/mol. The highest BCUT2D eigenvalue weighted by Crippen LogP contribution is 2.33. The summed E-state index contributed by atoms with van der Waals surface area (Å²) in [4.78, 5) is 21.0. The van der Waals surface area contributed by atoms with E-state index in [0.29, 0.717) is 23.1 Å². The zero-order valence-electron chi connectivity index (χ0n) is 19.8. The van der Waals surface area contributed by atoms with Crippen molar-refractivity contribution in [3.63, 3.8) is 0 Å². The molecule has 7 nitrogen and oxygen atoms in total. The standard InChI is InChI=1S/C26H30F2N4O3/c1-26(27,28)21-5-3-2-4-19(21)17-32-23-7-6-18(24(33)34)16-22(23)29-25(32)31-10-8-20(9-11-31)30-12-14-35-15-13-30/h2-7,16,20H,8-15,17H2,1H3,(H,33,34). The smallest absolute Gasteiger partial charge is 0.335 e. The normalized spacial score (nSPS) is 18.3. The molecule has 0 unspecified atom stereocenters. The van der Waals surface area contributed by atoms with Crippen LogP contribution in [0.4, 0.5) is 14.7 Å². The Morgan fingerprint density at radius 2 is 1.83 bits per heavy atom. The molecule has 0 radical (unpaired) electrons. The molecule has 2 aliphatic rings. The number of hydrogen-bond donors (Lipinski definition) is 1. The molecule has 2 aromatic carbocycles. The zero-order chi connectivity index (χ0) is 24.6. The average Bonchev–Trinajstić information content (AvgIpc) is 3.22. The number of morpholine rings is 1. The van der Waals surface area contributed by atoms with Gasteiger partial charge >= 0.3 is 5.97 Å². The molecular formula is C26H30F2N4O3. The lowest BCUT2D eigenvalue weighted by Crippen LogP contribution is -2.49. The Kier molecular flexibility index (Phi) is 6.46. The third-order valence-electron chi connectivity index (χ3n) is 7.10. The lowest BCUT2D eigenvalue weighted by atomic mass is 10.0. The molecule has 1 aromatic heterocycles. The Hall–Kier alpha value is -3.04. The minimum absolute atomic E-state index is 0.0130. The number of imidazole rings is 1. The number of anilines is 1. The molecule has 3 aromatic rings. The van der Waals surface area contributed by atoms with Gasteiger partial charge in [-0.2, -0.15) is 0 Å². The van der Waals surface area contributed by atoms with Gasteiger partial charge in [-0.05, 0) is 36.6 Å². The van der Waals surface area contributed by atoms with Gasteiger partial charge in [-0.25, -0.2) is 18.6 Å². The number of fused-ring (bicyclic) bond motifs is 1. The number of carbonyl (C=O) groups is 1. The second-order valence-corrected chi connectivity index (χ2v) is 9.42. The van der Waals surface area contributed by atoms with E-state index in [1.54, 1.807) is 30.3 Å². The van der Waals surface area contributed by atoms with Crippen molar-refractivity contribution in [2.75, 3.05) is 44.3 Å². The highest BCUT2D eigenvalue weighted by Gasteiger charge is 2.30. The predicted molar refractivity (Wildman–Crippen MR) is 129 cm³/mol. The third-order valence-corrected chi connectivity index (χ3v) is 7.10. The summed E-state index contributed by atoms with van der Waals surface area (Å²) in [6, 6.07) is 11.9. The molecule has 0 amide bonds. The van der Waals surface area contributed by atoms with Gasteiger partial charge in [-0.15, -0.1) is 0 Å². The fourth-order valence-corrected chi connectivity index (χ4v) is 5.28. The highest BCUT2D eigenvalue weighted by molar-refractivity contribution is 5.93. The lowest BCUT2D eigenvalue weighted by Gasteiger charge is -2.40. The Balaban J connectivity index is 1.49. The van der Waals surface area contributed by atoms with Gasteiger partial charge < -0.3 is 19.3 Å². The second kappa shape index (κ2) is 9.54. The first kappa shape index (κ1) is 23.7. The second-order valence-electron chi connectivity index (χ2n) is 9.42. The van der Waals surface area contributed by atoms with E-state index in [-0.39, 0.29) is 17.7 Å². The molecule has 186 valence electrons. The maximum atomic E-state index is 14.4. The lowest BCUT2D eigenvalue weighted by molar-refractivity contribution is 0.0114. The number of benzene rings is 2. The number of carboxylic acids is 1. The number of halogens is 2. The van der Waals surface area contributed by atoms with Gasteiger partial charge in [0.15, 0.2) is 0 Å². The van der Waals surface area contributed by atoms with Crippen molar-refractivity contribution in [1.82, 2.24) is 14.5 Å². The van der Waals surface area contributed by atoms with Crippen LogP contribution in [-0.4, -0.2) is 71.0 Å². The summed E-state index contributed by atoms with van der Waals surface area (Å²) in [5.74, 6) is -3.30. The molecule has 9 heteroatoms. The maximum absolute atomic E-state index is 14.4. The molecular weight excluding hydrogens is 454 g/mol. The molecule has 0 spiro atoms. The third kappa shape index (κ3) is 4.88. The zero-order valence-corrected chi connectivity index (χ0v) is 19.8. The molecule has 0 saturated carbocycles. The van der Waals surface area contributed by atoms with Crippen LogP contribution in [0.5, 0.6) is 0 Å². The number of aromatic nitrogens is 2. The molecule has 2 aliphatic heterocycles. The molecule has 0 atom stereocenters. The Bertz CT molecular complexity index is 1210. The van der Waals surface area contributed by atoms with Gasteiger partial charge in [0.2, 0.25) is 5.95 Å². The van der Waals surface area contributed by atoms with E-state index in [1.807, 2.05) is 4.57 Å². The summed E-state index contributed by atoms with van der Waals surface area (Å²) in [6.07, 6.45) is 1.96. The summed E-state index contributed by atoms with van der Waals surface area (Å²) in [7, 11) is 0. The van der Waals surface area contributed by atoms with E-state index in [4.69, 9.17) is 9.72 Å². The van der Waals surface area contributed by atoms with Crippen LogP contribution in [0.3, 0.4) is 0 Å². The number of carboxylic acid groups (broad SMARTS) is 1. The van der Waals surface area contributed by atoms with Crippen LogP contribution < -0.4 is 4.90 Å². The van der Waals surface area contributed by atoms with Crippen molar-refractivity contribution in [3.8, 4) is 0 Å². The molecule has 2 fully saturated rings. The number of ether oxygens (including phenoxy) is 1. The number of hydrogen-bond acceptors (Lipinski definition) is 5. The Labute approximate surface area is 202 Å². The number of aromatic carboxylic acids is 1. The summed E-state index contributed by atoms with van der Waals surface area (Å²) >= 11 is 0. The quantitative estimate of drug-likeness (QED) is 0.566. The molecule has 1 N–H and O–H groups in total. The number of nitrogens with zero attached hydrogens (tertiary/aromatic N) is 4. The van der Waals surface area contributed by atoms with Gasteiger partial charge in [0, 0.05) is 44.7 Å². The van der Waals surface area contributed by atoms with Crippen molar-refractivity contribution in [1.29, 1.82) is 0 Å². The van der Waals surface area contributed by atoms with Crippen LogP contribution in [-0.2, 0) is 17.2 Å². The monoisotopic (exact) mass is 484 g/mol. The van der Waals surface area contributed by atoms with Gasteiger partial charge in [-0.1, -0.05) is 24.3 Å². The van der Waals surface area contributed by atoms with Crippen LogP contribution in [0.15, 0.2) is 42.5 Å². The first-order chi connectivity index (χ1) is 16.8. The van der Waals surface area contributed by atoms with E-state index >= 15 is 0 Å². The largest absolute Gasteiger partial charge is 0.478 e. The van der Waals surface area contributed by atoms with Crippen molar-refractivity contribution in [2.24, 2.45) is 0 Å². The van der Waals surface area contributed by atoms with Gasteiger partial charge in [0.05, 0.1) is 36.4 Å². The van der Waals surface area contributed by atoms with Crippen LogP contribution in [0, 0.1) is 0 Å². The number of piperidine rings is 1. The van der Waals surface area contributed by atoms with E-state index in [1.165, 1.54) is 12.1 Å². The SMILES string of the molecule is CC(F)(F)c1ccccc1Cn1c(N2CCC(N3CCOCC3)CC2)nc2cc(C(=O)O)ccc21. The van der Waals surface area contributed by atoms with Crippen molar-refractivity contribution < 1.29 is 23.4 Å². The van der Waals surface area contributed by atoms with E-state index < -0.39 is 11.9 Å². The first-order valence-corrected chi connectivity index (χ1v) is 12.1. The van der Waals surface area contributed by atoms with E-state index in [0.717, 1.165) is 64.7 Å². The minimum Gasteiger partial charge on any atom is -0.478 e. The van der Waals surface area contributed by atoms with Crippen molar-refractivity contribution in [3.05, 3.63) is 59.2 Å². The minimum atomic E-state index is -2.97. The molecule has 35 heavy (non-hydrogen) atoms. The van der Waals surface area contributed by atoms with Crippen LogP contribution in [0.2, 0.25) is 0 Å². The number of alkyl halides is 2. The van der Waals surface area contributed by atoms with E-state index in [2.05, 4.69) is 9.80 Å². The molecule has 5 rings (SSSR count). The van der Waals surface area contributed by atoms with Crippen LogP contribution in [0.25, 0.3) is 11.0 Å². The molecule has 3 heterocycles. The summed E-state index contributed by atoms with van der Waals surface area (Å²) < 4.78 is 36.2. The number of rotatable bonds is 6. The van der Waals surface area contributed by atoms with E-state index in [9.17, 15) is 18.7 Å². The summed E-state index contributed by atoms with van der Waals surface area (Å²) in [5, 5.41) is 9.44. The molecule has 2 saturated heterocycles. The summed E-state index contributed by atoms with van der Waals surface area (Å²) in [6.45, 7) is 6.15. The van der Waals surface area contributed by atoms with Crippen molar-refractivity contribution >= 4 is 23.0 Å². The fraction of sp³-hybridized carbons (Fsp3) is 0.462. The first-order valence-electron chi connectivity index (χ1n) is 12.1. The van der Waals surface area contributed by atoms with Crippen LogP contribution in [0.1, 0.15) is 41.3 Å². The van der Waals surface area contributed by atoms with Crippen molar-refractivity contribution in [2.45, 2.75) is 38.3 Å². The Morgan fingerprint density at radius 1 is 1.11 bits per heavy atom. The predicted octanol–water partition coefficient (Wildman–Crippen LogP) is 4.20. The Morgan fingerprint density at radius 3 is 2.51 bits per heavy atom. The van der Waals surface area contributed by atoms with Gasteiger partial charge in [0.1, 0.15) is 0 Å². The molecule has 0 bridgehead atoms. The molecule has 0 aliphatic carbocycles. The maximum Gasteiger partial charge on any atom is 0.335 e. The fourth-order valence-electron chi connectivity index (χ4n) is 5.28. The topological polar surface area (TPSA) is 70.8 Å². The van der Waals surface area contributed by atoms with Gasteiger partial charge in [0.25, 0.3) is 5.92 Å². The summed E-state index contributed by atoms with van der Waals surface area (Å²) in [5.41, 5.74) is 1.94. The highest BCUT2D eigenvalue weighted by atomic mass is 19.3. The van der Waals surface area contributed by atoms with Crippen LogP contribution >= 0.6 is 0 Å².